The maximum absolute atomic E-state index is 12.3. The van der Waals surface area contributed by atoms with E-state index in [1.54, 1.807) is 11.8 Å². The van der Waals surface area contributed by atoms with Gasteiger partial charge in [0.25, 0.3) is 0 Å². The van der Waals surface area contributed by atoms with Crippen LogP contribution in [0.1, 0.15) is 27.7 Å². The molecular weight excluding hydrogens is 426 g/mol. The van der Waals surface area contributed by atoms with Gasteiger partial charge in [-0.2, -0.15) is 0 Å². The summed E-state index contributed by atoms with van der Waals surface area (Å²) in [5, 5.41) is 15.2. The Morgan fingerprint density at radius 2 is 1.87 bits per heavy atom. The lowest BCUT2D eigenvalue weighted by molar-refractivity contribution is -0.115. The van der Waals surface area contributed by atoms with Gasteiger partial charge in [0.2, 0.25) is 5.91 Å². The number of nitrogens with zero attached hydrogens (tertiary/aromatic N) is 4. The summed E-state index contributed by atoms with van der Waals surface area (Å²) in [4.78, 5) is 16.9. The molecule has 0 radical (unpaired) electrons. The number of hydrogen-bond donors (Lipinski definition) is 1. The number of thiazole rings is 1. The van der Waals surface area contributed by atoms with Gasteiger partial charge in [-0.15, -0.1) is 21.5 Å². The molecule has 0 aliphatic rings. The average molecular weight is 450 g/mol. The van der Waals surface area contributed by atoms with Crippen molar-refractivity contribution in [2.75, 3.05) is 5.32 Å². The van der Waals surface area contributed by atoms with Crippen molar-refractivity contribution in [3.63, 3.8) is 0 Å². The number of carbonyl (C=O) groups is 1. The first-order chi connectivity index (χ1) is 15.1. The van der Waals surface area contributed by atoms with Gasteiger partial charge in [-0.3, -0.25) is 4.79 Å². The van der Waals surface area contributed by atoms with E-state index in [4.69, 9.17) is 0 Å². The van der Waals surface area contributed by atoms with Gasteiger partial charge in [0.05, 0.1) is 12.1 Å². The van der Waals surface area contributed by atoms with E-state index in [1.165, 1.54) is 16.9 Å². The number of benzene rings is 2. The Labute approximate surface area is 189 Å². The van der Waals surface area contributed by atoms with Crippen molar-refractivity contribution in [2.24, 2.45) is 7.05 Å². The first-order valence-electron chi connectivity index (χ1n) is 9.91. The van der Waals surface area contributed by atoms with E-state index in [2.05, 4.69) is 32.6 Å². The molecule has 2 aromatic carbocycles. The summed E-state index contributed by atoms with van der Waals surface area (Å²) >= 11 is 3.11. The Kier molecular flexibility index (Phi) is 6.79. The van der Waals surface area contributed by atoms with Gasteiger partial charge >= 0.3 is 0 Å². The number of amides is 1. The molecule has 2 aromatic heterocycles. The molecule has 0 aliphatic carbocycles. The normalized spacial score (nSPS) is 10.9. The van der Waals surface area contributed by atoms with Gasteiger partial charge in [-0.05, 0) is 24.6 Å². The van der Waals surface area contributed by atoms with Crippen molar-refractivity contribution in [3.05, 3.63) is 87.6 Å². The minimum absolute atomic E-state index is 0.0590. The van der Waals surface area contributed by atoms with Crippen molar-refractivity contribution >= 4 is 34.7 Å². The Hall–Kier alpha value is -2.97. The lowest BCUT2D eigenvalue weighted by atomic mass is 10.1. The van der Waals surface area contributed by atoms with E-state index in [0.717, 1.165) is 39.4 Å². The fourth-order valence-electron chi connectivity index (χ4n) is 3.02. The molecule has 0 saturated carbocycles. The van der Waals surface area contributed by atoms with Crippen LogP contribution < -0.4 is 5.32 Å². The lowest BCUT2D eigenvalue weighted by Gasteiger charge is -2.04. The van der Waals surface area contributed by atoms with Crippen LogP contribution in [0.2, 0.25) is 0 Å². The zero-order chi connectivity index (χ0) is 21.6. The second-order valence-corrected chi connectivity index (χ2v) is 9.12. The van der Waals surface area contributed by atoms with Crippen LogP contribution in [0.25, 0.3) is 0 Å². The van der Waals surface area contributed by atoms with Crippen LogP contribution in [-0.4, -0.2) is 25.7 Å². The highest BCUT2D eigenvalue weighted by Crippen LogP contribution is 2.23. The number of carbonyl (C=O) groups excluding carboxylic acids is 1. The molecule has 4 aromatic rings. The highest BCUT2D eigenvalue weighted by Gasteiger charge is 2.12. The molecule has 0 saturated heterocycles. The zero-order valence-electron chi connectivity index (χ0n) is 17.4. The van der Waals surface area contributed by atoms with Crippen LogP contribution in [-0.2, 0) is 30.4 Å². The van der Waals surface area contributed by atoms with Crippen LogP contribution in [0.15, 0.2) is 65.1 Å². The van der Waals surface area contributed by atoms with Gasteiger partial charge < -0.3 is 9.88 Å². The van der Waals surface area contributed by atoms with E-state index in [-0.39, 0.29) is 12.3 Å². The van der Waals surface area contributed by atoms with Crippen LogP contribution in [0.5, 0.6) is 0 Å². The lowest BCUT2D eigenvalue weighted by Crippen LogP contribution is -2.14. The number of rotatable bonds is 8. The summed E-state index contributed by atoms with van der Waals surface area (Å²) in [5.74, 6) is 1.56. The number of anilines is 1. The molecule has 1 N–H and O–H groups in total. The predicted octanol–water partition coefficient (Wildman–Crippen LogP) is 4.64. The Bertz CT molecular complexity index is 1150. The summed E-state index contributed by atoms with van der Waals surface area (Å²) in [6.45, 7) is 2.02. The molecule has 158 valence electrons. The predicted molar refractivity (Wildman–Crippen MR) is 125 cm³/mol. The number of aryl methyl sites for hydroxylation is 1. The van der Waals surface area contributed by atoms with Crippen molar-refractivity contribution in [1.29, 1.82) is 0 Å². The summed E-state index contributed by atoms with van der Waals surface area (Å²) in [7, 11) is 1.99. The summed E-state index contributed by atoms with van der Waals surface area (Å²) in [6, 6.07) is 18.0. The van der Waals surface area contributed by atoms with Crippen LogP contribution in [0.4, 0.5) is 5.69 Å². The molecule has 0 atom stereocenters. The molecule has 4 rings (SSSR count). The second kappa shape index (κ2) is 9.89. The number of aromatic nitrogens is 4. The van der Waals surface area contributed by atoms with Gasteiger partial charge in [-0.1, -0.05) is 59.8 Å². The molecular formula is C23H23N5OS2. The summed E-state index contributed by atoms with van der Waals surface area (Å²) in [6.07, 6.45) is 1.02. The van der Waals surface area contributed by atoms with Crippen molar-refractivity contribution in [1.82, 2.24) is 19.7 Å². The van der Waals surface area contributed by atoms with E-state index < -0.39 is 0 Å². The van der Waals surface area contributed by atoms with Crippen molar-refractivity contribution in [3.8, 4) is 0 Å². The topological polar surface area (TPSA) is 72.7 Å². The maximum Gasteiger partial charge on any atom is 0.231 e. The Morgan fingerprint density at radius 1 is 1.10 bits per heavy atom. The Balaban J connectivity index is 1.30. The SMILES string of the molecule is Cc1ccc(NC(=O)Cc2nc(CSc3nnc(Cc4ccccc4)n3C)cs2)cc1. The van der Waals surface area contributed by atoms with E-state index >= 15 is 0 Å². The van der Waals surface area contributed by atoms with E-state index in [0.29, 0.717) is 5.75 Å². The molecule has 0 fully saturated rings. The molecule has 2 heterocycles. The summed E-state index contributed by atoms with van der Waals surface area (Å²) in [5.41, 5.74) is 4.12. The minimum atomic E-state index is -0.0590. The first-order valence-corrected chi connectivity index (χ1v) is 11.8. The first kappa shape index (κ1) is 21.3. The molecule has 1 amide bonds. The highest BCUT2D eigenvalue weighted by atomic mass is 32.2. The van der Waals surface area contributed by atoms with Gasteiger partial charge in [0.1, 0.15) is 10.8 Å². The smallest absolute Gasteiger partial charge is 0.231 e. The monoisotopic (exact) mass is 449 g/mol. The van der Waals surface area contributed by atoms with Crippen molar-refractivity contribution < 1.29 is 4.79 Å². The molecule has 6 nitrogen and oxygen atoms in total. The number of hydrogen-bond acceptors (Lipinski definition) is 6. The molecule has 0 spiro atoms. The fourth-order valence-corrected chi connectivity index (χ4v) is 4.74. The molecule has 31 heavy (non-hydrogen) atoms. The third-order valence-electron chi connectivity index (χ3n) is 4.73. The molecule has 0 aliphatic heterocycles. The zero-order valence-corrected chi connectivity index (χ0v) is 19.0. The standard InChI is InChI=1S/C23H23N5OS2/c1-16-8-10-18(11-9-16)24-21(29)13-22-25-19(14-30-22)15-31-23-27-26-20(28(23)2)12-17-6-4-3-5-7-17/h3-11,14H,12-13,15H2,1-2H3,(H,24,29). The Morgan fingerprint density at radius 3 is 2.65 bits per heavy atom. The average Bonchev–Trinajstić information content (AvgIpc) is 3.35. The maximum atomic E-state index is 12.3. The third-order valence-corrected chi connectivity index (χ3v) is 6.68. The quantitative estimate of drug-likeness (QED) is 0.397. The molecule has 0 unspecified atom stereocenters. The second-order valence-electron chi connectivity index (χ2n) is 7.23. The number of nitrogens with one attached hydrogen (secondary N) is 1. The van der Waals surface area contributed by atoms with Crippen molar-refractivity contribution in [2.45, 2.75) is 30.7 Å². The van der Waals surface area contributed by atoms with Crippen LogP contribution >= 0.6 is 23.1 Å². The van der Waals surface area contributed by atoms with Gasteiger partial charge in [0.15, 0.2) is 5.16 Å². The minimum Gasteiger partial charge on any atom is -0.326 e. The third kappa shape index (κ3) is 5.80. The van der Waals surface area contributed by atoms with Gasteiger partial charge in [-0.25, -0.2) is 4.98 Å². The van der Waals surface area contributed by atoms with E-state index in [1.807, 2.05) is 66.4 Å². The molecule has 0 bridgehead atoms. The van der Waals surface area contributed by atoms with Crippen LogP contribution in [0.3, 0.4) is 0 Å². The number of thioether (sulfide) groups is 1. The largest absolute Gasteiger partial charge is 0.326 e. The van der Waals surface area contributed by atoms with E-state index in [9.17, 15) is 4.79 Å². The van der Waals surface area contributed by atoms with Gasteiger partial charge in [0, 0.05) is 30.3 Å². The van der Waals surface area contributed by atoms with Crippen LogP contribution in [0, 0.1) is 6.92 Å². The summed E-state index contributed by atoms with van der Waals surface area (Å²) < 4.78 is 2.03. The molecule has 8 heteroatoms. The fraction of sp³-hybridized carbons (Fsp3) is 0.217. The highest BCUT2D eigenvalue weighted by molar-refractivity contribution is 7.98.